The van der Waals surface area contributed by atoms with Gasteiger partial charge in [0.2, 0.25) is 10.0 Å². The molecular formula is C13H22N2O3S. The molecule has 1 saturated carbocycles. The molecule has 1 atom stereocenters. The number of hydrogen-bond acceptors (Lipinski definition) is 4. The Labute approximate surface area is 114 Å². The molecule has 0 aliphatic heterocycles. The van der Waals surface area contributed by atoms with Crippen LogP contribution in [0.3, 0.4) is 0 Å². The van der Waals surface area contributed by atoms with Crippen LogP contribution in [0.4, 0.5) is 0 Å². The second-order valence-electron chi connectivity index (χ2n) is 5.92. The molecule has 0 bridgehead atoms. The van der Waals surface area contributed by atoms with Gasteiger partial charge in [-0.1, -0.05) is 13.8 Å². The monoisotopic (exact) mass is 286 g/mol. The third kappa shape index (κ3) is 2.70. The van der Waals surface area contributed by atoms with E-state index in [1.54, 1.807) is 20.9 Å². The highest BCUT2D eigenvalue weighted by Crippen LogP contribution is 2.45. The average molecular weight is 286 g/mol. The fourth-order valence-corrected chi connectivity index (χ4v) is 4.21. The number of aryl methyl sites for hydroxylation is 2. The van der Waals surface area contributed by atoms with Gasteiger partial charge in [0.15, 0.2) is 0 Å². The summed E-state index contributed by atoms with van der Waals surface area (Å²) in [5.41, 5.74) is 0.772. The van der Waals surface area contributed by atoms with Gasteiger partial charge in [0.05, 0.1) is 0 Å². The molecule has 1 aromatic rings. The number of rotatable bonds is 5. The fourth-order valence-electron chi connectivity index (χ4n) is 2.36. The number of hydrogen-bond donors (Lipinski definition) is 2. The zero-order chi connectivity index (χ0) is 14.4. The Kier molecular flexibility index (Phi) is 3.53. The summed E-state index contributed by atoms with van der Waals surface area (Å²) in [6.45, 7) is 8.08. The van der Waals surface area contributed by atoms with Crippen LogP contribution in [0.25, 0.3) is 0 Å². The minimum Gasteiger partial charge on any atom is -0.465 e. The Balaban J connectivity index is 2.35. The molecule has 1 aliphatic rings. The third-order valence-corrected chi connectivity index (χ3v) is 5.42. The first kappa shape index (κ1) is 14.6. The first-order valence-corrected chi connectivity index (χ1v) is 7.93. The summed E-state index contributed by atoms with van der Waals surface area (Å²) in [4.78, 5) is 0.294. The van der Waals surface area contributed by atoms with E-state index in [4.69, 9.17) is 4.42 Å². The van der Waals surface area contributed by atoms with Crippen LogP contribution in [0.2, 0.25) is 0 Å². The maximum atomic E-state index is 12.5. The van der Waals surface area contributed by atoms with Crippen LogP contribution >= 0.6 is 0 Å². The van der Waals surface area contributed by atoms with E-state index in [1.165, 1.54) is 0 Å². The lowest BCUT2D eigenvalue weighted by molar-refractivity contribution is 0.492. The quantitative estimate of drug-likeness (QED) is 0.864. The molecule has 0 amide bonds. The van der Waals surface area contributed by atoms with Crippen LogP contribution in [0.5, 0.6) is 0 Å². The van der Waals surface area contributed by atoms with Crippen LogP contribution in [0.1, 0.15) is 37.4 Å². The molecule has 1 unspecified atom stereocenters. The first-order chi connectivity index (χ1) is 8.69. The van der Waals surface area contributed by atoms with Crippen molar-refractivity contribution in [3.8, 4) is 0 Å². The van der Waals surface area contributed by atoms with Crippen molar-refractivity contribution in [1.82, 2.24) is 10.0 Å². The van der Waals surface area contributed by atoms with Crippen molar-refractivity contribution in [1.29, 1.82) is 0 Å². The minimum atomic E-state index is -3.51. The van der Waals surface area contributed by atoms with E-state index in [1.807, 2.05) is 0 Å². The van der Waals surface area contributed by atoms with E-state index >= 15 is 0 Å². The lowest BCUT2D eigenvalue weighted by atomic mass is 10.2. The molecule has 0 spiro atoms. The van der Waals surface area contributed by atoms with Crippen molar-refractivity contribution in [2.24, 2.45) is 5.41 Å². The van der Waals surface area contributed by atoms with Crippen LogP contribution in [-0.2, 0) is 16.6 Å². The molecule has 1 aliphatic carbocycles. The summed E-state index contributed by atoms with van der Waals surface area (Å²) in [7, 11) is -1.73. The molecule has 0 saturated heterocycles. The fraction of sp³-hybridized carbons (Fsp3) is 0.692. The lowest BCUT2D eigenvalue weighted by Gasteiger charge is -2.09. The molecule has 0 aromatic carbocycles. The highest BCUT2D eigenvalue weighted by Gasteiger charge is 2.48. The van der Waals surface area contributed by atoms with E-state index in [0.29, 0.717) is 28.5 Å². The van der Waals surface area contributed by atoms with E-state index in [9.17, 15) is 8.42 Å². The van der Waals surface area contributed by atoms with Crippen molar-refractivity contribution in [3.05, 3.63) is 17.1 Å². The van der Waals surface area contributed by atoms with Gasteiger partial charge in [0.25, 0.3) is 0 Å². The maximum Gasteiger partial charge on any atom is 0.244 e. The van der Waals surface area contributed by atoms with Crippen LogP contribution in [-0.4, -0.2) is 21.5 Å². The maximum absolute atomic E-state index is 12.5. The van der Waals surface area contributed by atoms with Crippen LogP contribution in [0, 0.1) is 19.3 Å². The second-order valence-corrected chi connectivity index (χ2v) is 7.57. The van der Waals surface area contributed by atoms with Crippen molar-refractivity contribution in [3.63, 3.8) is 0 Å². The van der Waals surface area contributed by atoms with Crippen molar-refractivity contribution < 1.29 is 12.8 Å². The Morgan fingerprint density at radius 3 is 2.37 bits per heavy atom. The van der Waals surface area contributed by atoms with Gasteiger partial charge in [0, 0.05) is 18.2 Å². The molecule has 1 fully saturated rings. The van der Waals surface area contributed by atoms with E-state index in [-0.39, 0.29) is 11.5 Å². The normalized spacial score (nSPS) is 21.6. The summed E-state index contributed by atoms with van der Waals surface area (Å²) in [5.74, 6) is 1.11. The highest BCUT2D eigenvalue weighted by molar-refractivity contribution is 7.89. The van der Waals surface area contributed by atoms with Gasteiger partial charge in [-0.15, -0.1) is 0 Å². The Morgan fingerprint density at radius 2 is 1.89 bits per heavy atom. The van der Waals surface area contributed by atoms with E-state index in [2.05, 4.69) is 23.9 Å². The number of sulfonamides is 1. The Bertz CT molecular complexity index is 587. The summed E-state index contributed by atoms with van der Waals surface area (Å²) in [6, 6.07) is 0.0227. The topological polar surface area (TPSA) is 71.3 Å². The standard InChI is InChI=1S/C13H22N2O3S/c1-8-10(7-14-5)12(9(2)18-8)19(16,17)15-11-6-13(11,3)4/h11,14-15H,6-7H2,1-5H3. The van der Waals surface area contributed by atoms with Gasteiger partial charge in [-0.05, 0) is 32.7 Å². The smallest absolute Gasteiger partial charge is 0.244 e. The Morgan fingerprint density at radius 1 is 1.32 bits per heavy atom. The third-order valence-electron chi connectivity index (χ3n) is 3.76. The molecule has 108 valence electrons. The van der Waals surface area contributed by atoms with Gasteiger partial charge in [-0.3, -0.25) is 0 Å². The zero-order valence-electron chi connectivity index (χ0n) is 12.1. The SMILES string of the molecule is CNCc1c(C)oc(C)c1S(=O)(=O)NC1CC1(C)C. The zero-order valence-corrected chi connectivity index (χ0v) is 12.9. The van der Waals surface area contributed by atoms with Crippen molar-refractivity contribution in [2.45, 2.75) is 51.6 Å². The minimum absolute atomic E-state index is 0.0227. The van der Waals surface area contributed by atoms with Gasteiger partial charge in [-0.2, -0.15) is 0 Å². The summed E-state index contributed by atoms with van der Waals surface area (Å²) >= 11 is 0. The predicted molar refractivity (Wildman–Crippen MR) is 73.5 cm³/mol. The molecule has 2 N–H and O–H groups in total. The first-order valence-electron chi connectivity index (χ1n) is 6.45. The molecule has 19 heavy (non-hydrogen) atoms. The van der Waals surface area contributed by atoms with Crippen molar-refractivity contribution in [2.75, 3.05) is 7.05 Å². The van der Waals surface area contributed by atoms with Gasteiger partial charge >= 0.3 is 0 Å². The number of furan rings is 1. The molecule has 2 rings (SSSR count). The summed E-state index contributed by atoms with van der Waals surface area (Å²) in [6.07, 6.45) is 0.878. The number of nitrogens with one attached hydrogen (secondary N) is 2. The summed E-state index contributed by atoms with van der Waals surface area (Å²) in [5, 5.41) is 2.98. The average Bonchev–Trinajstić information content (AvgIpc) is 2.70. The van der Waals surface area contributed by atoms with Crippen molar-refractivity contribution >= 4 is 10.0 Å². The van der Waals surface area contributed by atoms with Gasteiger partial charge in [0.1, 0.15) is 16.4 Å². The largest absolute Gasteiger partial charge is 0.465 e. The second kappa shape index (κ2) is 4.61. The van der Waals surface area contributed by atoms with Gasteiger partial charge in [-0.25, -0.2) is 13.1 Å². The molecule has 1 aromatic heterocycles. The van der Waals surface area contributed by atoms with Crippen LogP contribution < -0.4 is 10.0 Å². The summed E-state index contributed by atoms with van der Waals surface area (Å²) < 4.78 is 33.3. The molecular weight excluding hydrogens is 264 g/mol. The van der Waals surface area contributed by atoms with E-state index in [0.717, 1.165) is 6.42 Å². The Hall–Kier alpha value is -0.850. The van der Waals surface area contributed by atoms with Gasteiger partial charge < -0.3 is 9.73 Å². The highest BCUT2D eigenvalue weighted by atomic mass is 32.2. The lowest BCUT2D eigenvalue weighted by Crippen LogP contribution is -2.29. The predicted octanol–water partition coefficient (Wildman–Crippen LogP) is 1.69. The molecule has 0 radical (unpaired) electrons. The molecule has 1 heterocycles. The molecule has 6 heteroatoms. The molecule has 5 nitrogen and oxygen atoms in total. The van der Waals surface area contributed by atoms with Crippen LogP contribution in [0.15, 0.2) is 9.31 Å². The van der Waals surface area contributed by atoms with E-state index < -0.39 is 10.0 Å².